The van der Waals surface area contributed by atoms with E-state index in [9.17, 15) is 9.18 Å². The summed E-state index contributed by atoms with van der Waals surface area (Å²) in [6, 6.07) is 11.1. The van der Waals surface area contributed by atoms with Gasteiger partial charge in [-0.15, -0.1) is 0 Å². The van der Waals surface area contributed by atoms with Gasteiger partial charge in [0.05, 0.1) is 16.9 Å². The van der Waals surface area contributed by atoms with Crippen LogP contribution in [0.5, 0.6) is 0 Å². The number of nitrogens with zero attached hydrogens (tertiary/aromatic N) is 1. The van der Waals surface area contributed by atoms with E-state index in [1.807, 2.05) is 31.1 Å². The van der Waals surface area contributed by atoms with Crippen LogP contribution >= 0.6 is 0 Å². The van der Waals surface area contributed by atoms with Crippen LogP contribution in [0.3, 0.4) is 0 Å². The summed E-state index contributed by atoms with van der Waals surface area (Å²) in [6.07, 6.45) is 0. The lowest BCUT2D eigenvalue weighted by molar-refractivity contribution is 0.102. The molecule has 0 aliphatic carbocycles. The first-order valence-electron chi connectivity index (χ1n) is 6.12. The zero-order chi connectivity index (χ0) is 14.7. The maximum Gasteiger partial charge on any atom is 0.257 e. The van der Waals surface area contributed by atoms with Crippen LogP contribution in [0.4, 0.5) is 21.5 Å². The lowest BCUT2D eigenvalue weighted by atomic mass is 10.1. The molecule has 2 rings (SSSR count). The number of amides is 1. The summed E-state index contributed by atoms with van der Waals surface area (Å²) in [7, 11) is 3.72. The van der Waals surface area contributed by atoms with Crippen molar-refractivity contribution < 1.29 is 9.18 Å². The van der Waals surface area contributed by atoms with Gasteiger partial charge in [-0.05, 0) is 30.3 Å². The second-order valence-corrected chi connectivity index (χ2v) is 4.60. The van der Waals surface area contributed by atoms with Crippen LogP contribution in [0.1, 0.15) is 10.4 Å². The van der Waals surface area contributed by atoms with Crippen LogP contribution in [0.2, 0.25) is 0 Å². The average molecular weight is 273 g/mol. The van der Waals surface area contributed by atoms with E-state index in [4.69, 9.17) is 5.73 Å². The van der Waals surface area contributed by atoms with Gasteiger partial charge in [-0.1, -0.05) is 12.1 Å². The summed E-state index contributed by atoms with van der Waals surface area (Å²) in [5.41, 5.74) is 7.59. The highest BCUT2D eigenvalue weighted by molar-refractivity contribution is 6.09. The van der Waals surface area contributed by atoms with Crippen LogP contribution in [0.15, 0.2) is 42.5 Å². The molecule has 2 aromatic carbocycles. The molecule has 0 bridgehead atoms. The number of nitrogens with one attached hydrogen (secondary N) is 1. The van der Waals surface area contributed by atoms with Crippen molar-refractivity contribution in [3.05, 3.63) is 53.8 Å². The lowest BCUT2D eigenvalue weighted by Crippen LogP contribution is -2.18. The number of benzene rings is 2. The molecule has 0 heterocycles. The summed E-state index contributed by atoms with van der Waals surface area (Å²) in [6.45, 7) is 0. The van der Waals surface area contributed by atoms with Gasteiger partial charge in [0, 0.05) is 19.8 Å². The van der Waals surface area contributed by atoms with Crippen molar-refractivity contribution in [2.75, 3.05) is 30.0 Å². The zero-order valence-corrected chi connectivity index (χ0v) is 11.4. The van der Waals surface area contributed by atoms with Crippen molar-refractivity contribution in [1.82, 2.24) is 0 Å². The third kappa shape index (κ3) is 2.88. The van der Waals surface area contributed by atoms with Crippen molar-refractivity contribution in [3.8, 4) is 0 Å². The first kappa shape index (κ1) is 13.9. The van der Waals surface area contributed by atoms with Crippen molar-refractivity contribution in [3.63, 3.8) is 0 Å². The molecule has 2 aromatic rings. The molecule has 104 valence electrons. The largest absolute Gasteiger partial charge is 0.397 e. The van der Waals surface area contributed by atoms with Crippen LogP contribution in [-0.2, 0) is 0 Å². The highest BCUT2D eigenvalue weighted by atomic mass is 19.1. The van der Waals surface area contributed by atoms with Gasteiger partial charge < -0.3 is 16.0 Å². The number of rotatable bonds is 3. The fourth-order valence-corrected chi connectivity index (χ4v) is 1.89. The molecule has 1 amide bonds. The molecule has 0 unspecified atom stereocenters. The van der Waals surface area contributed by atoms with E-state index >= 15 is 0 Å². The Bertz CT molecular complexity index is 641. The molecule has 0 fully saturated rings. The van der Waals surface area contributed by atoms with Gasteiger partial charge in [0.25, 0.3) is 5.91 Å². The van der Waals surface area contributed by atoms with Crippen LogP contribution in [-0.4, -0.2) is 20.0 Å². The molecule has 0 aliphatic heterocycles. The van der Waals surface area contributed by atoms with Gasteiger partial charge in [0.15, 0.2) is 0 Å². The molecule has 5 heteroatoms. The minimum Gasteiger partial charge on any atom is -0.397 e. The predicted octanol–water partition coefficient (Wildman–Crippen LogP) is 2.73. The van der Waals surface area contributed by atoms with Crippen LogP contribution < -0.4 is 16.0 Å². The molecule has 0 saturated carbocycles. The Hall–Kier alpha value is -2.56. The molecule has 0 aromatic heterocycles. The Morgan fingerprint density at radius 3 is 2.55 bits per heavy atom. The average Bonchev–Trinajstić information content (AvgIpc) is 2.41. The smallest absolute Gasteiger partial charge is 0.257 e. The summed E-state index contributed by atoms with van der Waals surface area (Å²) in [5, 5.41) is 2.69. The summed E-state index contributed by atoms with van der Waals surface area (Å²) < 4.78 is 13.0. The van der Waals surface area contributed by atoms with E-state index < -0.39 is 5.82 Å². The normalized spacial score (nSPS) is 10.2. The van der Waals surface area contributed by atoms with Crippen molar-refractivity contribution >= 4 is 23.0 Å². The zero-order valence-electron chi connectivity index (χ0n) is 11.4. The van der Waals surface area contributed by atoms with Crippen LogP contribution in [0.25, 0.3) is 0 Å². The molecule has 4 nitrogen and oxygen atoms in total. The summed E-state index contributed by atoms with van der Waals surface area (Å²) in [5.74, 6) is -0.721. The third-order valence-corrected chi connectivity index (χ3v) is 2.89. The Morgan fingerprint density at radius 2 is 1.90 bits per heavy atom. The summed E-state index contributed by atoms with van der Waals surface area (Å²) >= 11 is 0. The van der Waals surface area contributed by atoms with E-state index in [2.05, 4.69) is 5.32 Å². The van der Waals surface area contributed by atoms with E-state index in [1.165, 1.54) is 18.2 Å². The van der Waals surface area contributed by atoms with Gasteiger partial charge in [-0.3, -0.25) is 4.79 Å². The van der Waals surface area contributed by atoms with E-state index in [-0.39, 0.29) is 11.6 Å². The highest BCUT2D eigenvalue weighted by Crippen LogP contribution is 2.23. The first-order valence-corrected chi connectivity index (χ1v) is 6.12. The van der Waals surface area contributed by atoms with Gasteiger partial charge >= 0.3 is 0 Å². The quantitative estimate of drug-likeness (QED) is 0.845. The number of halogens is 1. The minimum atomic E-state index is -0.436. The number of para-hydroxylation sites is 1. The number of anilines is 3. The molecular weight excluding hydrogens is 257 g/mol. The van der Waals surface area contributed by atoms with Gasteiger partial charge in [0.1, 0.15) is 5.82 Å². The number of carbonyl (C=O) groups is 1. The Labute approximate surface area is 117 Å². The number of carbonyl (C=O) groups excluding carboxylic acids is 1. The van der Waals surface area contributed by atoms with E-state index in [0.717, 1.165) is 5.69 Å². The molecule has 0 radical (unpaired) electrons. The molecule has 0 atom stereocenters. The SMILES string of the molecule is CN(C)c1ccccc1C(=O)Nc1ccc(F)cc1N. The Morgan fingerprint density at radius 1 is 1.20 bits per heavy atom. The predicted molar refractivity (Wildman–Crippen MR) is 79.5 cm³/mol. The lowest BCUT2D eigenvalue weighted by Gasteiger charge is -2.17. The third-order valence-electron chi connectivity index (χ3n) is 2.89. The topological polar surface area (TPSA) is 58.4 Å². The molecular formula is C15H16FN3O. The van der Waals surface area contributed by atoms with E-state index in [1.54, 1.807) is 12.1 Å². The van der Waals surface area contributed by atoms with E-state index in [0.29, 0.717) is 11.3 Å². The van der Waals surface area contributed by atoms with Gasteiger partial charge in [-0.25, -0.2) is 4.39 Å². The molecule has 3 N–H and O–H groups in total. The number of hydrogen-bond acceptors (Lipinski definition) is 3. The van der Waals surface area contributed by atoms with Gasteiger partial charge in [0.2, 0.25) is 0 Å². The number of hydrogen-bond donors (Lipinski definition) is 2. The van der Waals surface area contributed by atoms with Crippen molar-refractivity contribution in [2.24, 2.45) is 0 Å². The molecule has 0 saturated heterocycles. The van der Waals surface area contributed by atoms with Crippen LogP contribution in [0, 0.1) is 5.82 Å². The second kappa shape index (κ2) is 5.61. The monoisotopic (exact) mass is 273 g/mol. The maximum absolute atomic E-state index is 13.0. The van der Waals surface area contributed by atoms with Gasteiger partial charge in [-0.2, -0.15) is 0 Å². The minimum absolute atomic E-state index is 0.195. The molecule has 20 heavy (non-hydrogen) atoms. The van der Waals surface area contributed by atoms with Crippen molar-refractivity contribution in [2.45, 2.75) is 0 Å². The highest BCUT2D eigenvalue weighted by Gasteiger charge is 2.13. The maximum atomic E-state index is 13.0. The Kier molecular flexibility index (Phi) is 3.89. The molecule has 0 aliphatic rings. The number of nitrogen functional groups attached to an aromatic ring is 1. The Balaban J connectivity index is 2.29. The fourth-order valence-electron chi connectivity index (χ4n) is 1.89. The first-order chi connectivity index (χ1) is 9.49. The fraction of sp³-hybridized carbons (Fsp3) is 0.133. The second-order valence-electron chi connectivity index (χ2n) is 4.60. The molecule has 0 spiro atoms. The van der Waals surface area contributed by atoms with Crippen molar-refractivity contribution in [1.29, 1.82) is 0 Å². The standard InChI is InChI=1S/C15H16FN3O/c1-19(2)14-6-4-3-5-11(14)15(20)18-13-8-7-10(16)9-12(13)17/h3-9H,17H2,1-2H3,(H,18,20). The number of nitrogens with two attached hydrogens (primary N) is 1. The summed E-state index contributed by atoms with van der Waals surface area (Å²) in [4.78, 5) is 14.1.